The zero-order valence-electron chi connectivity index (χ0n) is 19.4. The van der Waals surface area contributed by atoms with Crippen LogP contribution in [0.1, 0.15) is 66.9 Å². The van der Waals surface area contributed by atoms with Crippen molar-refractivity contribution in [1.29, 1.82) is 0 Å². The van der Waals surface area contributed by atoms with Gasteiger partial charge in [-0.2, -0.15) is 0 Å². The molecule has 1 aromatic carbocycles. The Bertz CT molecular complexity index is 585. The van der Waals surface area contributed by atoms with Crippen LogP contribution in [0, 0.1) is 6.92 Å². The molecule has 1 rings (SSSR count). The van der Waals surface area contributed by atoms with E-state index in [1.165, 1.54) is 5.56 Å². The first kappa shape index (κ1) is 28.9. The van der Waals surface area contributed by atoms with Crippen molar-refractivity contribution in [2.45, 2.75) is 85.5 Å². The molecule has 0 saturated heterocycles. The van der Waals surface area contributed by atoms with E-state index < -0.39 is 17.3 Å². The number of hydrogen-bond donors (Lipinski definition) is 2. The minimum Gasteiger partial charge on any atom is -0.497 e. The predicted octanol–water partition coefficient (Wildman–Crippen LogP) is 4.37. The Morgan fingerprint density at radius 2 is 1.59 bits per heavy atom. The molecule has 1 amide bonds. The summed E-state index contributed by atoms with van der Waals surface area (Å²) in [4.78, 5) is 20.8. The van der Waals surface area contributed by atoms with Gasteiger partial charge in [0.05, 0.1) is 12.7 Å². The van der Waals surface area contributed by atoms with Crippen molar-refractivity contribution in [1.82, 2.24) is 0 Å². The minimum atomic E-state index is -0.770. The van der Waals surface area contributed by atoms with Crippen molar-refractivity contribution in [2.75, 3.05) is 7.11 Å². The third kappa shape index (κ3) is 21.9. The molecule has 0 heterocycles. The topological polar surface area (TPSA) is 108 Å². The van der Waals surface area contributed by atoms with Crippen LogP contribution in [-0.4, -0.2) is 41.6 Å². The third-order valence-corrected chi connectivity index (χ3v) is 3.07. The number of rotatable bonds is 5. The number of ether oxygens (including phenoxy) is 3. The second kappa shape index (κ2) is 13.8. The van der Waals surface area contributed by atoms with Gasteiger partial charge in [-0.3, -0.25) is 4.79 Å². The van der Waals surface area contributed by atoms with E-state index in [1.54, 1.807) is 55.6 Å². The van der Waals surface area contributed by atoms with Gasteiger partial charge in [0, 0.05) is 12.8 Å². The van der Waals surface area contributed by atoms with Crippen molar-refractivity contribution in [3.8, 4) is 5.75 Å². The number of carbonyl (C=O) groups is 2. The first-order chi connectivity index (χ1) is 13.1. The van der Waals surface area contributed by atoms with Gasteiger partial charge < -0.3 is 25.1 Å². The Morgan fingerprint density at radius 1 is 1.10 bits per heavy atom. The summed E-state index contributed by atoms with van der Waals surface area (Å²) in [6, 6.07) is 7.96. The number of hydrogen-bond acceptors (Lipinski definition) is 6. The summed E-state index contributed by atoms with van der Waals surface area (Å²) in [6.45, 7) is 14.3. The van der Waals surface area contributed by atoms with Crippen molar-refractivity contribution >= 4 is 12.1 Å². The molecule has 0 aliphatic heterocycles. The van der Waals surface area contributed by atoms with Crippen LogP contribution in [0.2, 0.25) is 0 Å². The molecule has 0 aliphatic rings. The average Bonchev–Trinajstić information content (AvgIpc) is 2.52. The molecule has 3 N–H and O–H groups in total. The highest BCUT2D eigenvalue weighted by Crippen LogP contribution is 2.13. The van der Waals surface area contributed by atoms with E-state index in [0.29, 0.717) is 12.8 Å². The largest absolute Gasteiger partial charge is 0.497 e. The highest BCUT2D eigenvalue weighted by molar-refractivity contribution is 5.69. The number of esters is 1. The summed E-state index contributed by atoms with van der Waals surface area (Å²) in [5.41, 5.74) is 4.75. The van der Waals surface area contributed by atoms with E-state index in [0.717, 1.165) is 5.75 Å². The Morgan fingerprint density at radius 3 is 1.86 bits per heavy atom. The molecule has 0 aromatic heterocycles. The molecule has 0 radical (unpaired) electrons. The number of nitrogens with two attached hydrogens (primary N) is 1. The van der Waals surface area contributed by atoms with Crippen LogP contribution in [0.5, 0.6) is 5.75 Å². The molecule has 7 heteroatoms. The molecular formula is C22H39NO6. The van der Waals surface area contributed by atoms with Gasteiger partial charge in [-0.05, 0) is 60.6 Å². The molecule has 168 valence electrons. The van der Waals surface area contributed by atoms with E-state index in [9.17, 15) is 14.7 Å². The van der Waals surface area contributed by atoms with Gasteiger partial charge >= 0.3 is 12.1 Å². The lowest BCUT2D eigenvalue weighted by Crippen LogP contribution is -2.27. The zero-order valence-corrected chi connectivity index (χ0v) is 19.4. The Balaban J connectivity index is 0. The molecular weight excluding hydrogens is 374 g/mol. The van der Waals surface area contributed by atoms with Crippen molar-refractivity contribution in [3.63, 3.8) is 0 Å². The Kier molecular flexibility index (Phi) is 13.8. The van der Waals surface area contributed by atoms with Crippen molar-refractivity contribution in [3.05, 3.63) is 29.8 Å². The summed E-state index contributed by atoms with van der Waals surface area (Å²) in [5.74, 6) is 0.701. The smallest absolute Gasteiger partial charge is 0.405 e. The third-order valence-electron chi connectivity index (χ3n) is 3.07. The molecule has 0 bridgehead atoms. The summed E-state index contributed by atoms with van der Waals surface area (Å²) < 4.78 is 14.5. The maximum atomic E-state index is 10.8. The second-order valence-electron chi connectivity index (χ2n) is 8.22. The number of aliphatic hydroxyl groups is 1. The number of aryl methyl sites for hydroxylation is 1. The first-order valence-electron chi connectivity index (χ1n) is 9.60. The van der Waals surface area contributed by atoms with Crippen LogP contribution >= 0.6 is 0 Å². The summed E-state index contributed by atoms with van der Waals surface area (Å²) >= 11 is 0. The van der Waals surface area contributed by atoms with Gasteiger partial charge in [0.1, 0.15) is 17.5 Å². The standard InChI is InChI=1S/C9H18O3.C8H10O.C5H11NO2/c1-5-8(10)12-7(2)6-9(3,4)11;1-7-3-5-8(9-2)6-4-7;1-5(2,3)8-4(6)7/h7,11H,5-6H2,1-4H3;3-6H,1-2H3;1-3H3,(H2,6,7). The highest BCUT2D eigenvalue weighted by Gasteiger charge is 2.19. The van der Waals surface area contributed by atoms with Crippen molar-refractivity contribution < 1.29 is 28.9 Å². The van der Waals surface area contributed by atoms with E-state index >= 15 is 0 Å². The van der Waals surface area contributed by atoms with Gasteiger partial charge in [-0.25, -0.2) is 4.79 Å². The van der Waals surface area contributed by atoms with Crippen LogP contribution in [-0.2, 0) is 14.3 Å². The average molecular weight is 414 g/mol. The molecule has 1 aromatic rings. The summed E-state index contributed by atoms with van der Waals surface area (Å²) in [6.07, 6.45) is -0.0791. The molecule has 1 unspecified atom stereocenters. The number of amides is 1. The number of benzene rings is 1. The monoisotopic (exact) mass is 413 g/mol. The van der Waals surface area contributed by atoms with E-state index in [2.05, 4.69) is 11.7 Å². The molecule has 0 spiro atoms. The van der Waals surface area contributed by atoms with E-state index in [1.807, 2.05) is 24.3 Å². The highest BCUT2D eigenvalue weighted by atomic mass is 16.6. The summed E-state index contributed by atoms with van der Waals surface area (Å²) in [5, 5.41) is 9.38. The number of primary amides is 1. The van der Waals surface area contributed by atoms with E-state index in [-0.39, 0.29) is 12.1 Å². The molecule has 7 nitrogen and oxygen atoms in total. The lowest BCUT2D eigenvalue weighted by molar-refractivity contribution is -0.150. The van der Waals surface area contributed by atoms with E-state index in [4.69, 9.17) is 15.2 Å². The lowest BCUT2D eigenvalue weighted by atomic mass is 10.0. The minimum absolute atomic E-state index is 0.211. The van der Waals surface area contributed by atoms with Crippen LogP contribution < -0.4 is 10.5 Å². The number of methoxy groups -OCH3 is 1. The van der Waals surface area contributed by atoms with Gasteiger partial charge in [-0.15, -0.1) is 0 Å². The fraction of sp³-hybridized carbons (Fsp3) is 0.636. The van der Waals surface area contributed by atoms with Crippen LogP contribution in [0.4, 0.5) is 4.79 Å². The van der Waals surface area contributed by atoms with Gasteiger partial charge in [0.2, 0.25) is 0 Å². The second-order valence-corrected chi connectivity index (χ2v) is 8.22. The normalized spacial score (nSPS) is 11.7. The fourth-order valence-electron chi connectivity index (χ4n) is 2.03. The van der Waals surface area contributed by atoms with Gasteiger partial charge in [0.15, 0.2) is 0 Å². The summed E-state index contributed by atoms with van der Waals surface area (Å²) in [7, 11) is 1.67. The Hall–Kier alpha value is -2.28. The molecule has 1 atom stereocenters. The molecule has 29 heavy (non-hydrogen) atoms. The fourth-order valence-corrected chi connectivity index (χ4v) is 2.03. The SMILES string of the molecule is CC(C)(C)OC(N)=O.CCC(=O)OC(C)CC(C)(C)O.COc1ccc(C)cc1. The van der Waals surface area contributed by atoms with Crippen LogP contribution in [0.25, 0.3) is 0 Å². The number of carbonyl (C=O) groups excluding carboxylic acids is 2. The van der Waals surface area contributed by atoms with Crippen molar-refractivity contribution in [2.24, 2.45) is 5.73 Å². The van der Waals surface area contributed by atoms with Crippen LogP contribution in [0.15, 0.2) is 24.3 Å². The Labute approximate surface area is 175 Å². The quantitative estimate of drug-likeness (QED) is 0.694. The van der Waals surface area contributed by atoms with Gasteiger partial charge in [-0.1, -0.05) is 24.6 Å². The maximum Gasteiger partial charge on any atom is 0.405 e. The molecule has 0 aliphatic carbocycles. The van der Waals surface area contributed by atoms with Gasteiger partial charge in [0.25, 0.3) is 0 Å². The predicted molar refractivity (Wildman–Crippen MR) is 115 cm³/mol. The maximum absolute atomic E-state index is 10.8. The van der Waals surface area contributed by atoms with Crippen LogP contribution in [0.3, 0.4) is 0 Å². The molecule has 0 saturated carbocycles. The molecule has 0 fully saturated rings. The zero-order chi connectivity index (χ0) is 23.3. The first-order valence-corrected chi connectivity index (χ1v) is 9.60. The lowest BCUT2D eigenvalue weighted by Gasteiger charge is -2.21.